The number of benzene rings is 1. The fourth-order valence-corrected chi connectivity index (χ4v) is 1.72. The zero-order chi connectivity index (χ0) is 12.5. The molecule has 0 aliphatic carbocycles. The highest BCUT2D eigenvalue weighted by atomic mass is 16.1. The van der Waals surface area contributed by atoms with Gasteiger partial charge < -0.3 is 11.1 Å². The van der Waals surface area contributed by atoms with Gasteiger partial charge in [0.05, 0.1) is 0 Å². The summed E-state index contributed by atoms with van der Waals surface area (Å²) in [5.74, 6) is 0.128. The van der Waals surface area contributed by atoms with E-state index in [0.29, 0.717) is 19.5 Å². The summed E-state index contributed by atoms with van der Waals surface area (Å²) in [5, 5.41) is 2.93. The Bertz CT molecular complexity index is 350. The minimum Gasteiger partial charge on any atom is -0.352 e. The fourth-order valence-electron chi connectivity index (χ4n) is 1.72. The summed E-state index contributed by atoms with van der Waals surface area (Å²) in [6.07, 6.45) is 3.57. The molecule has 3 N–H and O–H groups in total. The number of nitrogens with two attached hydrogens (primary N) is 1. The molecule has 0 spiro atoms. The van der Waals surface area contributed by atoms with Crippen molar-refractivity contribution in [2.24, 2.45) is 5.73 Å². The van der Waals surface area contributed by atoms with Crippen LogP contribution < -0.4 is 11.1 Å². The lowest BCUT2D eigenvalue weighted by Gasteiger charge is -2.06. The summed E-state index contributed by atoms with van der Waals surface area (Å²) in [5.41, 5.74) is 7.77. The minimum absolute atomic E-state index is 0.128. The van der Waals surface area contributed by atoms with E-state index < -0.39 is 0 Å². The summed E-state index contributed by atoms with van der Waals surface area (Å²) in [4.78, 5) is 11.5. The van der Waals surface area contributed by atoms with E-state index in [9.17, 15) is 4.79 Å². The number of carbonyl (C=O) groups is 1. The first-order valence-electron chi connectivity index (χ1n) is 6.24. The molecule has 0 bridgehead atoms. The summed E-state index contributed by atoms with van der Waals surface area (Å²) in [6.45, 7) is 3.39. The molecule has 0 saturated carbocycles. The van der Waals surface area contributed by atoms with Crippen LogP contribution in [0.3, 0.4) is 0 Å². The van der Waals surface area contributed by atoms with Gasteiger partial charge >= 0.3 is 0 Å². The Hall–Kier alpha value is -1.35. The molecule has 3 heteroatoms. The molecule has 0 saturated heterocycles. The van der Waals surface area contributed by atoms with Crippen LogP contribution in [-0.2, 0) is 11.3 Å². The van der Waals surface area contributed by atoms with Crippen molar-refractivity contribution in [2.45, 2.75) is 39.2 Å². The third kappa shape index (κ3) is 6.07. The Morgan fingerprint density at radius 2 is 2.12 bits per heavy atom. The molecule has 1 aromatic carbocycles. The van der Waals surface area contributed by atoms with Gasteiger partial charge in [-0.25, -0.2) is 0 Å². The second-order valence-electron chi connectivity index (χ2n) is 4.37. The molecule has 1 aromatic rings. The molecule has 0 aromatic heterocycles. The Balaban J connectivity index is 2.19. The number of carbonyl (C=O) groups excluding carboxylic acids is 1. The van der Waals surface area contributed by atoms with Crippen LogP contribution in [0.2, 0.25) is 0 Å². The molecule has 94 valence electrons. The van der Waals surface area contributed by atoms with Crippen LogP contribution in [0, 0.1) is 6.92 Å². The van der Waals surface area contributed by atoms with Crippen LogP contribution in [0.25, 0.3) is 0 Å². The second-order valence-corrected chi connectivity index (χ2v) is 4.37. The lowest BCUT2D eigenvalue weighted by Crippen LogP contribution is -2.22. The van der Waals surface area contributed by atoms with Crippen molar-refractivity contribution in [1.29, 1.82) is 0 Å². The number of unbranched alkanes of at least 4 members (excludes halogenated alkanes) is 2. The van der Waals surface area contributed by atoms with Crippen LogP contribution in [0.1, 0.15) is 36.8 Å². The van der Waals surface area contributed by atoms with Crippen LogP contribution in [0.15, 0.2) is 24.3 Å². The molecule has 1 amide bonds. The van der Waals surface area contributed by atoms with E-state index in [-0.39, 0.29) is 5.91 Å². The standard InChI is InChI=1S/C14H22N2O/c1-12-6-5-7-13(10-12)11-16-14(17)8-3-2-4-9-15/h5-7,10H,2-4,8-9,11,15H2,1H3,(H,16,17). The van der Waals surface area contributed by atoms with Crippen molar-refractivity contribution < 1.29 is 4.79 Å². The van der Waals surface area contributed by atoms with E-state index in [1.165, 1.54) is 5.56 Å². The molecule has 1 rings (SSSR count). The summed E-state index contributed by atoms with van der Waals surface area (Å²) < 4.78 is 0. The Kier molecular flexibility index (Phi) is 6.33. The molecule has 3 nitrogen and oxygen atoms in total. The van der Waals surface area contributed by atoms with E-state index >= 15 is 0 Å². The summed E-state index contributed by atoms with van der Waals surface area (Å²) in [7, 11) is 0. The Morgan fingerprint density at radius 3 is 2.82 bits per heavy atom. The van der Waals surface area contributed by atoms with Crippen LogP contribution in [0.5, 0.6) is 0 Å². The maximum absolute atomic E-state index is 11.5. The molecule has 17 heavy (non-hydrogen) atoms. The molecule has 0 heterocycles. The Morgan fingerprint density at radius 1 is 1.29 bits per heavy atom. The zero-order valence-electron chi connectivity index (χ0n) is 10.5. The van der Waals surface area contributed by atoms with Gasteiger partial charge in [0.1, 0.15) is 0 Å². The first-order valence-corrected chi connectivity index (χ1v) is 6.24. The van der Waals surface area contributed by atoms with Crippen LogP contribution >= 0.6 is 0 Å². The first-order chi connectivity index (χ1) is 8.22. The topological polar surface area (TPSA) is 55.1 Å². The largest absolute Gasteiger partial charge is 0.352 e. The van der Waals surface area contributed by atoms with Crippen LogP contribution in [-0.4, -0.2) is 12.5 Å². The van der Waals surface area contributed by atoms with E-state index in [1.807, 2.05) is 12.1 Å². The zero-order valence-corrected chi connectivity index (χ0v) is 10.5. The highest BCUT2D eigenvalue weighted by Gasteiger charge is 2.01. The first kappa shape index (κ1) is 13.7. The number of hydrogen-bond acceptors (Lipinski definition) is 2. The number of rotatable bonds is 7. The van der Waals surface area contributed by atoms with Gasteiger partial charge in [0.2, 0.25) is 5.91 Å². The lowest BCUT2D eigenvalue weighted by molar-refractivity contribution is -0.121. The third-order valence-electron chi connectivity index (χ3n) is 2.68. The van der Waals surface area contributed by atoms with Crippen LogP contribution in [0.4, 0.5) is 0 Å². The van der Waals surface area contributed by atoms with E-state index in [2.05, 4.69) is 24.4 Å². The van der Waals surface area contributed by atoms with Gasteiger partial charge in [-0.2, -0.15) is 0 Å². The van der Waals surface area contributed by atoms with Gasteiger partial charge in [0, 0.05) is 13.0 Å². The van der Waals surface area contributed by atoms with E-state index in [0.717, 1.165) is 24.8 Å². The normalized spacial score (nSPS) is 10.2. The molecule has 0 aliphatic rings. The summed E-state index contributed by atoms with van der Waals surface area (Å²) >= 11 is 0. The molecule has 0 aliphatic heterocycles. The molecular weight excluding hydrogens is 212 g/mol. The van der Waals surface area contributed by atoms with Gasteiger partial charge in [-0.3, -0.25) is 4.79 Å². The lowest BCUT2D eigenvalue weighted by atomic mass is 10.1. The molecule has 0 unspecified atom stereocenters. The number of nitrogens with one attached hydrogen (secondary N) is 1. The highest BCUT2D eigenvalue weighted by Crippen LogP contribution is 2.04. The van der Waals surface area contributed by atoms with Crippen molar-refractivity contribution in [3.63, 3.8) is 0 Å². The van der Waals surface area contributed by atoms with Crippen molar-refractivity contribution in [1.82, 2.24) is 5.32 Å². The van der Waals surface area contributed by atoms with Gasteiger partial charge in [0.25, 0.3) is 0 Å². The maximum Gasteiger partial charge on any atom is 0.220 e. The predicted molar refractivity (Wildman–Crippen MR) is 70.5 cm³/mol. The summed E-state index contributed by atoms with van der Waals surface area (Å²) in [6, 6.07) is 8.19. The quantitative estimate of drug-likeness (QED) is 0.710. The van der Waals surface area contributed by atoms with Gasteiger partial charge in [-0.15, -0.1) is 0 Å². The van der Waals surface area contributed by atoms with Crippen molar-refractivity contribution >= 4 is 5.91 Å². The monoisotopic (exact) mass is 234 g/mol. The number of amides is 1. The number of aryl methyl sites for hydroxylation is 1. The van der Waals surface area contributed by atoms with Crippen molar-refractivity contribution in [2.75, 3.05) is 6.54 Å². The van der Waals surface area contributed by atoms with Crippen molar-refractivity contribution in [3.8, 4) is 0 Å². The van der Waals surface area contributed by atoms with Gasteiger partial charge in [-0.05, 0) is 31.9 Å². The average Bonchev–Trinajstić information content (AvgIpc) is 2.32. The smallest absolute Gasteiger partial charge is 0.220 e. The molecule has 0 radical (unpaired) electrons. The third-order valence-corrected chi connectivity index (χ3v) is 2.68. The maximum atomic E-state index is 11.5. The van der Waals surface area contributed by atoms with Gasteiger partial charge in [-0.1, -0.05) is 36.2 Å². The number of hydrogen-bond donors (Lipinski definition) is 2. The van der Waals surface area contributed by atoms with Crippen molar-refractivity contribution in [3.05, 3.63) is 35.4 Å². The SMILES string of the molecule is Cc1cccc(CNC(=O)CCCCCN)c1. The highest BCUT2D eigenvalue weighted by molar-refractivity contribution is 5.75. The average molecular weight is 234 g/mol. The second kappa shape index (κ2) is 7.85. The molecule has 0 atom stereocenters. The van der Waals surface area contributed by atoms with E-state index in [4.69, 9.17) is 5.73 Å². The molecule has 0 fully saturated rings. The van der Waals surface area contributed by atoms with Gasteiger partial charge in [0.15, 0.2) is 0 Å². The van der Waals surface area contributed by atoms with E-state index in [1.54, 1.807) is 0 Å². The minimum atomic E-state index is 0.128. The Labute approximate surface area is 103 Å². The molecular formula is C14H22N2O. The predicted octanol–water partition coefficient (Wildman–Crippen LogP) is 2.13. The fraction of sp³-hybridized carbons (Fsp3) is 0.500.